The summed E-state index contributed by atoms with van der Waals surface area (Å²) in [5.74, 6) is 1.45. The molecule has 1 fully saturated rings. The van der Waals surface area contributed by atoms with E-state index in [-0.39, 0.29) is 0 Å². The number of aromatic nitrogens is 6. The van der Waals surface area contributed by atoms with Gasteiger partial charge in [0.15, 0.2) is 5.65 Å². The smallest absolute Gasteiger partial charge is 0.178 e. The molecule has 3 N–H and O–H groups in total. The van der Waals surface area contributed by atoms with E-state index in [2.05, 4.69) is 59.7 Å². The molecule has 5 aromatic heterocycles. The summed E-state index contributed by atoms with van der Waals surface area (Å²) in [5.41, 5.74) is 9.17. The van der Waals surface area contributed by atoms with Gasteiger partial charge in [-0.3, -0.25) is 9.97 Å². The largest absolute Gasteiger partial charge is 0.378 e. The average Bonchev–Trinajstić information content (AvgIpc) is 3.41. The fraction of sp³-hybridized carbons (Fsp3) is 0.194. The van der Waals surface area contributed by atoms with Crippen molar-refractivity contribution < 1.29 is 4.74 Å². The van der Waals surface area contributed by atoms with Crippen LogP contribution in [0.4, 0.5) is 28.6 Å². The Kier molecular flexibility index (Phi) is 6.36. The minimum atomic E-state index is 0.647. The van der Waals surface area contributed by atoms with Crippen LogP contribution in [0.2, 0.25) is 0 Å². The molecule has 7 rings (SSSR count). The topological polar surface area (TPSA) is 117 Å². The second-order valence-corrected chi connectivity index (χ2v) is 10.2. The maximum absolute atomic E-state index is 5.53. The summed E-state index contributed by atoms with van der Waals surface area (Å²) in [4.78, 5) is 28.6. The maximum Gasteiger partial charge on any atom is 0.178 e. The number of rotatable bonds is 6. The molecule has 0 atom stereocenters. The number of imidazole rings is 1. The lowest BCUT2D eigenvalue weighted by Gasteiger charge is -2.29. The van der Waals surface area contributed by atoms with Gasteiger partial charge in [0.2, 0.25) is 0 Å². The van der Waals surface area contributed by atoms with Crippen molar-refractivity contribution >= 4 is 50.6 Å². The fourth-order valence-corrected chi connectivity index (χ4v) is 5.11. The van der Waals surface area contributed by atoms with E-state index in [9.17, 15) is 0 Å². The first-order chi connectivity index (χ1) is 20.1. The fourth-order valence-electron chi connectivity index (χ4n) is 5.11. The molecule has 0 amide bonds. The van der Waals surface area contributed by atoms with Crippen molar-refractivity contribution in [2.75, 3.05) is 41.8 Å². The Morgan fingerprint density at radius 3 is 2.54 bits per heavy atom. The molecule has 0 radical (unpaired) electrons. The summed E-state index contributed by atoms with van der Waals surface area (Å²) in [6.07, 6.45) is 5.37. The lowest BCUT2D eigenvalue weighted by molar-refractivity contribution is 0.122. The maximum atomic E-state index is 5.53. The summed E-state index contributed by atoms with van der Waals surface area (Å²) in [6, 6.07) is 18.4. The number of pyridine rings is 4. The van der Waals surface area contributed by atoms with Gasteiger partial charge in [0.1, 0.15) is 11.6 Å². The van der Waals surface area contributed by atoms with E-state index in [1.54, 1.807) is 12.4 Å². The first-order valence-corrected chi connectivity index (χ1v) is 13.6. The van der Waals surface area contributed by atoms with Gasteiger partial charge in [0, 0.05) is 59.2 Å². The van der Waals surface area contributed by atoms with Crippen LogP contribution in [0, 0.1) is 13.8 Å². The minimum Gasteiger partial charge on any atom is -0.378 e. The molecule has 6 aromatic rings. The third kappa shape index (κ3) is 5.24. The van der Waals surface area contributed by atoms with Crippen molar-refractivity contribution in [1.82, 2.24) is 29.9 Å². The lowest BCUT2D eigenvalue weighted by Crippen LogP contribution is -2.36. The molecule has 10 nitrogen and oxygen atoms in total. The van der Waals surface area contributed by atoms with Crippen LogP contribution in [-0.4, -0.2) is 56.2 Å². The van der Waals surface area contributed by atoms with Crippen LogP contribution in [0.1, 0.15) is 11.4 Å². The highest BCUT2D eigenvalue weighted by molar-refractivity contribution is 5.95. The van der Waals surface area contributed by atoms with Crippen LogP contribution in [0.3, 0.4) is 0 Å². The standard InChI is InChI=1S/C31H29N9O/c1-19-13-22(7-8-32-19)36-23-15-28-31(34-18-23)39-30(38-28)21-3-6-29(33-17-21)37-27-14-20(2)35-26-5-4-24(16-25(26)27)40-9-11-41-12-10-40/h3-8,13-18H,9-12H2,1-2H3,(H,32,36)(H,33,35,37)(H,34,38,39). The minimum absolute atomic E-state index is 0.647. The van der Waals surface area contributed by atoms with Crippen LogP contribution in [0.25, 0.3) is 33.5 Å². The van der Waals surface area contributed by atoms with E-state index in [0.717, 1.165) is 82.6 Å². The van der Waals surface area contributed by atoms with Gasteiger partial charge in [-0.1, -0.05) is 0 Å². The molecule has 204 valence electrons. The second kappa shape index (κ2) is 10.5. The Morgan fingerprint density at radius 2 is 1.71 bits per heavy atom. The van der Waals surface area contributed by atoms with Crippen molar-refractivity contribution in [3.8, 4) is 11.4 Å². The molecule has 1 aliphatic heterocycles. The zero-order valence-electron chi connectivity index (χ0n) is 22.8. The van der Waals surface area contributed by atoms with Crippen LogP contribution in [-0.2, 0) is 4.74 Å². The van der Waals surface area contributed by atoms with E-state index < -0.39 is 0 Å². The van der Waals surface area contributed by atoms with E-state index in [0.29, 0.717) is 11.5 Å². The van der Waals surface area contributed by atoms with Gasteiger partial charge in [-0.2, -0.15) is 0 Å². The third-order valence-electron chi connectivity index (χ3n) is 7.12. The highest BCUT2D eigenvalue weighted by Crippen LogP contribution is 2.31. The molecular formula is C31H29N9O. The number of ether oxygens (including phenoxy) is 1. The molecular weight excluding hydrogens is 514 g/mol. The van der Waals surface area contributed by atoms with Crippen molar-refractivity contribution in [3.63, 3.8) is 0 Å². The molecule has 0 spiro atoms. The van der Waals surface area contributed by atoms with Gasteiger partial charge in [-0.05, 0) is 68.4 Å². The normalized spacial score (nSPS) is 13.6. The number of anilines is 5. The number of H-pyrrole nitrogens is 1. The highest BCUT2D eigenvalue weighted by Gasteiger charge is 2.14. The number of fused-ring (bicyclic) bond motifs is 2. The summed E-state index contributed by atoms with van der Waals surface area (Å²) in [6.45, 7) is 7.23. The number of hydrogen-bond acceptors (Lipinski definition) is 9. The third-order valence-corrected chi connectivity index (χ3v) is 7.12. The number of nitrogens with zero attached hydrogens (tertiary/aromatic N) is 6. The summed E-state index contributed by atoms with van der Waals surface area (Å²) >= 11 is 0. The van der Waals surface area contributed by atoms with E-state index in [1.165, 1.54) is 5.69 Å². The van der Waals surface area contributed by atoms with Crippen molar-refractivity contribution in [2.45, 2.75) is 13.8 Å². The molecule has 41 heavy (non-hydrogen) atoms. The zero-order valence-corrected chi connectivity index (χ0v) is 22.8. The summed E-state index contributed by atoms with van der Waals surface area (Å²) < 4.78 is 5.53. The van der Waals surface area contributed by atoms with Gasteiger partial charge in [-0.15, -0.1) is 0 Å². The predicted octanol–water partition coefficient (Wildman–Crippen LogP) is 5.90. The Morgan fingerprint density at radius 1 is 0.805 bits per heavy atom. The Labute approximate surface area is 236 Å². The van der Waals surface area contributed by atoms with Gasteiger partial charge >= 0.3 is 0 Å². The monoisotopic (exact) mass is 543 g/mol. The molecule has 10 heteroatoms. The van der Waals surface area contributed by atoms with Gasteiger partial charge < -0.3 is 25.3 Å². The molecule has 0 bridgehead atoms. The van der Waals surface area contributed by atoms with Crippen LogP contribution >= 0.6 is 0 Å². The zero-order chi connectivity index (χ0) is 27.8. The lowest BCUT2D eigenvalue weighted by atomic mass is 10.1. The van der Waals surface area contributed by atoms with Crippen LogP contribution < -0.4 is 15.5 Å². The highest BCUT2D eigenvalue weighted by atomic mass is 16.5. The van der Waals surface area contributed by atoms with Crippen molar-refractivity contribution in [2.24, 2.45) is 0 Å². The summed E-state index contributed by atoms with van der Waals surface area (Å²) in [7, 11) is 0. The quantitative estimate of drug-likeness (QED) is 0.236. The molecule has 0 saturated carbocycles. The SMILES string of the molecule is Cc1cc(Nc2cnc3nc(-c4ccc(Nc5cc(C)nc6ccc(N7CCOCC7)cc56)nc4)[nH]c3c2)ccn1. The number of aromatic amines is 1. The summed E-state index contributed by atoms with van der Waals surface area (Å²) in [5, 5.41) is 7.93. The van der Waals surface area contributed by atoms with E-state index in [4.69, 9.17) is 14.7 Å². The molecule has 0 unspecified atom stereocenters. The predicted molar refractivity (Wildman–Crippen MR) is 162 cm³/mol. The Balaban J connectivity index is 1.13. The van der Waals surface area contributed by atoms with E-state index in [1.807, 2.05) is 50.4 Å². The number of morpholine rings is 1. The Hall–Kier alpha value is -5.09. The number of aryl methyl sites for hydroxylation is 2. The molecule has 6 heterocycles. The van der Waals surface area contributed by atoms with Gasteiger partial charge in [-0.25, -0.2) is 15.0 Å². The van der Waals surface area contributed by atoms with Crippen molar-refractivity contribution in [1.29, 1.82) is 0 Å². The first kappa shape index (κ1) is 24.9. The van der Waals surface area contributed by atoms with Gasteiger partial charge in [0.25, 0.3) is 0 Å². The van der Waals surface area contributed by atoms with Crippen LogP contribution in [0.5, 0.6) is 0 Å². The number of benzene rings is 1. The van der Waals surface area contributed by atoms with Crippen molar-refractivity contribution in [3.05, 3.63) is 84.6 Å². The first-order valence-electron chi connectivity index (χ1n) is 13.6. The van der Waals surface area contributed by atoms with E-state index >= 15 is 0 Å². The average molecular weight is 544 g/mol. The number of hydrogen-bond donors (Lipinski definition) is 3. The molecule has 1 aromatic carbocycles. The molecule has 0 aliphatic carbocycles. The van der Waals surface area contributed by atoms with Gasteiger partial charge in [0.05, 0.1) is 41.8 Å². The molecule has 1 aliphatic rings. The second-order valence-electron chi connectivity index (χ2n) is 10.2. The van der Waals surface area contributed by atoms with Crippen LogP contribution in [0.15, 0.2) is 73.2 Å². The molecule has 1 saturated heterocycles. The number of nitrogens with one attached hydrogen (secondary N) is 3. The Bertz CT molecular complexity index is 1860.